The molecule has 0 unspecified atom stereocenters. The number of hydrogen-bond acceptors (Lipinski definition) is 1. The third-order valence-corrected chi connectivity index (χ3v) is 3.54. The first-order valence-electron chi connectivity index (χ1n) is 6.68. The lowest BCUT2D eigenvalue weighted by atomic mass is 9.92. The van der Waals surface area contributed by atoms with Crippen LogP contribution in [-0.2, 0) is 0 Å². The van der Waals surface area contributed by atoms with Crippen LogP contribution in [0.1, 0.15) is 25.8 Å². The zero-order chi connectivity index (χ0) is 13.1. The number of aryl methyl sites for hydroxylation is 1. The summed E-state index contributed by atoms with van der Waals surface area (Å²) in [5.74, 6) is 1.19. The smallest absolute Gasteiger partial charge is 0.321 e. The second kappa shape index (κ2) is 5.42. The fourth-order valence-electron chi connectivity index (χ4n) is 2.74. The molecule has 1 saturated heterocycles. The molecule has 0 spiro atoms. The molecule has 1 aliphatic rings. The normalized spacial score (nSPS) is 23.8. The van der Waals surface area contributed by atoms with Crippen LogP contribution in [0.25, 0.3) is 0 Å². The van der Waals surface area contributed by atoms with Gasteiger partial charge < -0.3 is 10.2 Å². The number of carbonyl (C=O) groups excluding carboxylic acids is 1. The van der Waals surface area contributed by atoms with Crippen molar-refractivity contribution in [3.05, 3.63) is 29.8 Å². The lowest BCUT2D eigenvalue weighted by Gasteiger charge is -2.35. The van der Waals surface area contributed by atoms with Crippen molar-refractivity contribution in [3.8, 4) is 0 Å². The van der Waals surface area contributed by atoms with E-state index in [4.69, 9.17) is 0 Å². The topological polar surface area (TPSA) is 32.3 Å². The molecule has 0 bridgehead atoms. The van der Waals surface area contributed by atoms with Gasteiger partial charge in [-0.05, 0) is 36.8 Å². The molecule has 98 valence electrons. The number of hydrogen-bond donors (Lipinski definition) is 1. The van der Waals surface area contributed by atoms with Gasteiger partial charge in [0.2, 0.25) is 0 Å². The number of urea groups is 1. The molecule has 2 amide bonds. The molecule has 2 rings (SSSR count). The van der Waals surface area contributed by atoms with Gasteiger partial charge in [-0.15, -0.1) is 0 Å². The lowest BCUT2D eigenvalue weighted by Crippen LogP contribution is -2.44. The van der Waals surface area contributed by atoms with Gasteiger partial charge in [0.1, 0.15) is 0 Å². The van der Waals surface area contributed by atoms with E-state index in [-0.39, 0.29) is 6.03 Å². The van der Waals surface area contributed by atoms with Crippen molar-refractivity contribution in [2.24, 2.45) is 11.8 Å². The molecule has 1 fully saturated rings. The van der Waals surface area contributed by atoms with E-state index in [0.717, 1.165) is 24.3 Å². The van der Waals surface area contributed by atoms with E-state index in [1.54, 1.807) is 0 Å². The predicted molar refractivity (Wildman–Crippen MR) is 74.7 cm³/mol. The molecule has 2 atom stereocenters. The van der Waals surface area contributed by atoms with E-state index in [0.29, 0.717) is 11.8 Å². The number of carbonyl (C=O) groups is 1. The summed E-state index contributed by atoms with van der Waals surface area (Å²) in [6.45, 7) is 8.16. The van der Waals surface area contributed by atoms with Crippen molar-refractivity contribution < 1.29 is 4.79 Å². The highest BCUT2D eigenvalue weighted by atomic mass is 16.2. The Kier molecular flexibility index (Phi) is 3.90. The number of likely N-dealkylation sites (tertiary alicyclic amines) is 1. The Hall–Kier alpha value is -1.51. The van der Waals surface area contributed by atoms with Crippen LogP contribution in [-0.4, -0.2) is 24.0 Å². The summed E-state index contributed by atoms with van der Waals surface area (Å²) < 4.78 is 0. The molecular weight excluding hydrogens is 224 g/mol. The molecule has 0 radical (unpaired) electrons. The van der Waals surface area contributed by atoms with Crippen molar-refractivity contribution in [1.82, 2.24) is 4.90 Å². The number of piperidine rings is 1. The van der Waals surface area contributed by atoms with Gasteiger partial charge in [-0.25, -0.2) is 4.79 Å². The van der Waals surface area contributed by atoms with Gasteiger partial charge in [-0.1, -0.05) is 32.0 Å². The standard InChI is InChI=1S/C15H22N2O/c1-11-8-12(2)10-17(9-11)15(18)16-14-7-5-4-6-13(14)3/h4-7,11-12H,8-10H2,1-3H3,(H,16,18)/t11-,12+. The predicted octanol–water partition coefficient (Wildman–Crippen LogP) is 3.50. The minimum absolute atomic E-state index is 0.0303. The Morgan fingerprint density at radius 3 is 2.44 bits per heavy atom. The maximum Gasteiger partial charge on any atom is 0.321 e. The van der Waals surface area contributed by atoms with Crippen LogP contribution in [0.15, 0.2) is 24.3 Å². The van der Waals surface area contributed by atoms with Gasteiger partial charge in [0.15, 0.2) is 0 Å². The molecule has 3 heteroatoms. The maximum absolute atomic E-state index is 12.2. The summed E-state index contributed by atoms with van der Waals surface area (Å²) in [6, 6.07) is 7.92. The second-order valence-corrected chi connectivity index (χ2v) is 5.60. The highest BCUT2D eigenvalue weighted by Crippen LogP contribution is 2.22. The van der Waals surface area contributed by atoms with Crippen LogP contribution in [0, 0.1) is 18.8 Å². The molecule has 18 heavy (non-hydrogen) atoms. The van der Waals surface area contributed by atoms with E-state index >= 15 is 0 Å². The van der Waals surface area contributed by atoms with Crippen LogP contribution >= 0.6 is 0 Å². The van der Waals surface area contributed by atoms with Gasteiger partial charge in [-0.3, -0.25) is 0 Å². The quantitative estimate of drug-likeness (QED) is 0.808. The van der Waals surface area contributed by atoms with Gasteiger partial charge in [0, 0.05) is 18.8 Å². The first-order chi connectivity index (χ1) is 8.56. The molecule has 1 heterocycles. The van der Waals surface area contributed by atoms with E-state index in [9.17, 15) is 4.79 Å². The van der Waals surface area contributed by atoms with E-state index in [2.05, 4.69) is 19.2 Å². The Balaban J connectivity index is 2.02. The molecule has 1 aliphatic heterocycles. The van der Waals surface area contributed by atoms with Gasteiger partial charge in [0.05, 0.1) is 0 Å². The number of nitrogens with one attached hydrogen (secondary N) is 1. The van der Waals surface area contributed by atoms with Crippen molar-refractivity contribution in [2.75, 3.05) is 18.4 Å². The first-order valence-corrected chi connectivity index (χ1v) is 6.68. The molecule has 0 aliphatic carbocycles. The van der Waals surface area contributed by atoms with Crippen LogP contribution in [0.3, 0.4) is 0 Å². The minimum Gasteiger partial charge on any atom is -0.324 e. The Morgan fingerprint density at radius 1 is 1.22 bits per heavy atom. The number of nitrogens with zero attached hydrogens (tertiary/aromatic N) is 1. The maximum atomic E-state index is 12.2. The molecule has 1 aromatic rings. The van der Waals surface area contributed by atoms with Gasteiger partial charge in [0.25, 0.3) is 0 Å². The van der Waals surface area contributed by atoms with Crippen LogP contribution in [0.4, 0.5) is 10.5 Å². The summed E-state index contributed by atoms with van der Waals surface area (Å²) in [5, 5.41) is 3.01. The zero-order valence-corrected chi connectivity index (χ0v) is 11.4. The largest absolute Gasteiger partial charge is 0.324 e. The summed E-state index contributed by atoms with van der Waals surface area (Å²) >= 11 is 0. The summed E-state index contributed by atoms with van der Waals surface area (Å²) in [7, 11) is 0. The molecule has 0 saturated carbocycles. The number of rotatable bonds is 1. The number of para-hydroxylation sites is 1. The van der Waals surface area contributed by atoms with Crippen molar-refractivity contribution >= 4 is 11.7 Å². The Labute approximate surface area is 109 Å². The van der Waals surface area contributed by atoms with Crippen molar-refractivity contribution in [2.45, 2.75) is 27.2 Å². The second-order valence-electron chi connectivity index (χ2n) is 5.60. The molecule has 1 N–H and O–H groups in total. The average molecular weight is 246 g/mol. The third kappa shape index (κ3) is 3.03. The molecule has 0 aromatic heterocycles. The molecular formula is C15H22N2O. The first kappa shape index (κ1) is 12.9. The van der Waals surface area contributed by atoms with E-state index in [1.165, 1.54) is 6.42 Å². The monoisotopic (exact) mass is 246 g/mol. The highest BCUT2D eigenvalue weighted by molar-refractivity contribution is 5.90. The lowest BCUT2D eigenvalue weighted by molar-refractivity contribution is 0.156. The molecule has 3 nitrogen and oxygen atoms in total. The Morgan fingerprint density at radius 2 is 1.83 bits per heavy atom. The van der Waals surface area contributed by atoms with Gasteiger partial charge in [-0.2, -0.15) is 0 Å². The molecule has 1 aromatic carbocycles. The van der Waals surface area contributed by atoms with Crippen molar-refractivity contribution in [3.63, 3.8) is 0 Å². The fourth-order valence-corrected chi connectivity index (χ4v) is 2.74. The summed E-state index contributed by atoms with van der Waals surface area (Å²) in [6.07, 6.45) is 1.22. The number of anilines is 1. The number of amides is 2. The van der Waals surface area contributed by atoms with Crippen LogP contribution in [0.2, 0.25) is 0 Å². The van der Waals surface area contributed by atoms with Crippen molar-refractivity contribution in [1.29, 1.82) is 0 Å². The fraction of sp³-hybridized carbons (Fsp3) is 0.533. The minimum atomic E-state index is 0.0303. The average Bonchev–Trinajstić information content (AvgIpc) is 2.31. The van der Waals surface area contributed by atoms with E-state index < -0.39 is 0 Å². The Bertz CT molecular complexity index is 420. The zero-order valence-electron chi connectivity index (χ0n) is 11.4. The third-order valence-electron chi connectivity index (χ3n) is 3.54. The highest BCUT2D eigenvalue weighted by Gasteiger charge is 2.25. The van der Waals surface area contributed by atoms with Gasteiger partial charge >= 0.3 is 6.03 Å². The van der Waals surface area contributed by atoms with E-state index in [1.807, 2.05) is 36.1 Å². The SMILES string of the molecule is Cc1ccccc1NC(=O)N1C[C@H](C)C[C@H](C)C1. The van der Waals surface area contributed by atoms with Crippen LogP contribution < -0.4 is 5.32 Å². The summed E-state index contributed by atoms with van der Waals surface area (Å²) in [5.41, 5.74) is 2.01. The number of benzene rings is 1. The summed E-state index contributed by atoms with van der Waals surface area (Å²) in [4.78, 5) is 14.2. The van der Waals surface area contributed by atoms with Crippen LogP contribution in [0.5, 0.6) is 0 Å².